The zero-order chi connectivity index (χ0) is 15.5. The van der Waals surface area contributed by atoms with Crippen molar-refractivity contribution in [3.8, 4) is 0 Å². The summed E-state index contributed by atoms with van der Waals surface area (Å²) in [6, 6.07) is 7.45. The smallest absolute Gasteiger partial charge is 0.306 e. The van der Waals surface area contributed by atoms with Gasteiger partial charge in [-0.3, -0.25) is 0 Å². The fourth-order valence-corrected chi connectivity index (χ4v) is 3.54. The molecule has 1 aromatic heterocycles. The van der Waals surface area contributed by atoms with E-state index < -0.39 is 11.2 Å². The number of rotatable bonds is 5. The van der Waals surface area contributed by atoms with Crippen molar-refractivity contribution < 1.29 is 13.2 Å². The molecule has 7 heteroatoms. The van der Waals surface area contributed by atoms with Crippen molar-refractivity contribution in [2.45, 2.75) is 24.0 Å². The average Bonchev–Trinajstić information content (AvgIpc) is 2.94. The zero-order valence-corrected chi connectivity index (χ0v) is 13.2. The Morgan fingerprint density at radius 3 is 2.62 bits per heavy atom. The summed E-state index contributed by atoms with van der Waals surface area (Å²) in [6.45, 7) is 2.59. The Kier molecular flexibility index (Phi) is 5.29. The molecular weight excluding hydrogens is 317 g/mol. The Bertz CT molecular complexity index is 596. The van der Waals surface area contributed by atoms with Crippen molar-refractivity contribution in [2.24, 2.45) is 0 Å². The van der Waals surface area contributed by atoms with Crippen LogP contribution in [0.2, 0.25) is 0 Å². The van der Waals surface area contributed by atoms with Crippen LogP contribution < -0.4 is 5.32 Å². The van der Waals surface area contributed by atoms with E-state index in [0.29, 0.717) is 22.8 Å². The average molecular weight is 332 g/mol. The Hall–Kier alpha value is -1.05. The summed E-state index contributed by atoms with van der Waals surface area (Å²) in [5.41, 5.74) is 0.976. The molecule has 0 aliphatic heterocycles. The molecular formula is C14H15F3N2S2. The van der Waals surface area contributed by atoms with Crippen LogP contribution in [-0.2, 0) is 6.18 Å². The molecule has 1 unspecified atom stereocenters. The first-order valence-corrected chi connectivity index (χ1v) is 8.40. The van der Waals surface area contributed by atoms with E-state index in [1.54, 1.807) is 11.8 Å². The van der Waals surface area contributed by atoms with Gasteiger partial charge in [-0.05, 0) is 24.4 Å². The Balaban J connectivity index is 2.41. The normalized spacial score (nSPS) is 13.4. The Morgan fingerprint density at radius 2 is 2.05 bits per heavy atom. The quantitative estimate of drug-likeness (QED) is 0.811. The minimum absolute atomic E-state index is 0.271. The summed E-state index contributed by atoms with van der Waals surface area (Å²) < 4.78 is 38.2. The maximum atomic E-state index is 12.7. The van der Waals surface area contributed by atoms with Gasteiger partial charge in [-0.15, -0.1) is 23.1 Å². The summed E-state index contributed by atoms with van der Waals surface area (Å²) in [7, 11) is 0. The molecule has 0 fully saturated rings. The fourth-order valence-electron chi connectivity index (χ4n) is 2.02. The van der Waals surface area contributed by atoms with Crippen molar-refractivity contribution in [1.82, 2.24) is 10.3 Å². The van der Waals surface area contributed by atoms with Crippen LogP contribution in [0.4, 0.5) is 13.2 Å². The molecule has 0 saturated heterocycles. The molecule has 0 saturated carbocycles. The second kappa shape index (κ2) is 6.81. The van der Waals surface area contributed by atoms with Gasteiger partial charge in [0.2, 0.25) is 0 Å². The van der Waals surface area contributed by atoms with Crippen molar-refractivity contribution in [2.75, 3.05) is 12.8 Å². The molecule has 0 spiro atoms. The summed E-state index contributed by atoms with van der Waals surface area (Å²) in [5, 5.41) is 2.44. The molecule has 1 aromatic carbocycles. The lowest BCUT2D eigenvalue weighted by molar-refractivity contribution is -0.137. The first-order valence-electron chi connectivity index (χ1n) is 6.36. The van der Waals surface area contributed by atoms with E-state index in [1.165, 1.54) is 6.20 Å². The van der Waals surface area contributed by atoms with Gasteiger partial charge in [-0.1, -0.05) is 25.1 Å². The third-order valence-electron chi connectivity index (χ3n) is 2.91. The predicted molar refractivity (Wildman–Crippen MR) is 80.9 cm³/mol. The number of thioether (sulfide) groups is 1. The van der Waals surface area contributed by atoms with Crippen LogP contribution in [0.15, 0.2) is 35.4 Å². The van der Waals surface area contributed by atoms with Crippen molar-refractivity contribution in [3.63, 3.8) is 0 Å². The number of hydrogen-bond donors (Lipinski definition) is 1. The second-order valence-electron chi connectivity index (χ2n) is 4.30. The van der Waals surface area contributed by atoms with E-state index in [-0.39, 0.29) is 6.04 Å². The van der Waals surface area contributed by atoms with Gasteiger partial charge in [-0.2, -0.15) is 13.2 Å². The topological polar surface area (TPSA) is 24.9 Å². The summed E-state index contributed by atoms with van der Waals surface area (Å²) >= 11 is 2.27. The van der Waals surface area contributed by atoms with Gasteiger partial charge in [0.25, 0.3) is 0 Å². The molecule has 114 valence electrons. The summed E-state index contributed by atoms with van der Waals surface area (Å²) in [5.74, 6) is 0. The first-order chi connectivity index (χ1) is 9.97. The highest BCUT2D eigenvalue weighted by atomic mass is 32.2. The van der Waals surface area contributed by atoms with Crippen LogP contribution >= 0.6 is 23.1 Å². The van der Waals surface area contributed by atoms with Gasteiger partial charge < -0.3 is 5.32 Å². The van der Waals surface area contributed by atoms with Crippen LogP contribution in [0.3, 0.4) is 0 Å². The molecule has 2 aromatic rings. The lowest BCUT2D eigenvalue weighted by Crippen LogP contribution is -2.21. The molecule has 21 heavy (non-hydrogen) atoms. The highest BCUT2D eigenvalue weighted by Crippen LogP contribution is 2.37. The minimum Gasteiger partial charge on any atom is -0.306 e. The van der Waals surface area contributed by atoms with Crippen molar-refractivity contribution in [1.29, 1.82) is 0 Å². The zero-order valence-electron chi connectivity index (χ0n) is 11.6. The number of benzene rings is 1. The van der Waals surface area contributed by atoms with E-state index in [1.807, 2.05) is 37.4 Å². The third kappa shape index (κ3) is 3.78. The molecule has 0 bridgehead atoms. The fraction of sp³-hybridized carbons (Fsp3) is 0.357. The number of alkyl halides is 3. The minimum atomic E-state index is -4.39. The van der Waals surface area contributed by atoms with Crippen LogP contribution in [0.5, 0.6) is 0 Å². The van der Waals surface area contributed by atoms with Crippen molar-refractivity contribution >= 4 is 23.1 Å². The number of thiazole rings is 1. The van der Waals surface area contributed by atoms with Gasteiger partial charge >= 0.3 is 6.18 Å². The lowest BCUT2D eigenvalue weighted by atomic mass is 10.1. The SMILES string of the molecule is CCNC(c1cnc(C(F)(F)F)s1)c1ccccc1SC. The second-order valence-corrected chi connectivity index (χ2v) is 6.21. The molecule has 1 N–H and O–H groups in total. The molecule has 1 heterocycles. The van der Waals surface area contributed by atoms with Gasteiger partial charge in [-0.25, -0.2) is 4.98 Å². The van der Waals surface area contributed by atoms with Crippen LogP contribution in [0.1, 0.15) is 28.4 Å². The van der Waals surface area contributed by atoms with Crippen LogP contribution in [0.25, 0.3) is 0 Å². The Morgan fingerprint density at radius 1 is 1.33 bits per heavy atom. The molecule has 2 nitrogen and oxygen atoms in total. The molecule has 0 radical (unpaired) electrons. The van der Waals surface area contributed by atoms with E-state index >= 15 is 0 Å². The van der Waals surface area contributed by atoms with Gasteiger partial charge in [0.05, 0.1) is 6.04 Å². The van der Waals surface area contributed by atoms with Gasteiger partial charge in [0, 0.05) is 16.0 Å². The van der Waals surface area contributed by atoms with Gasteiger partial charge in [0.15, 0.2) is 5.01 Å². The standard InChI is InChI=1S/C14H15F3N2S2/c1-3-18-12(9-6-4-5-7-10(9)20-2)11-8-19-13(21-11)14(15,16)17/h4-8,12,18H,3H2,1-2H3. The first kappa shape index (κ1) is 16.3. The monoisotopic (exact) mass is 332 g/mol. The van der Waals surface area contributed by atoms with E-state index in [9.17, 15) is 13.2 Å². The number of nitrogens with zero attached hydrogens (tertiary/aromatic N) is 1. The highest BCUT2D eigenvalue weighted by molar-refractivity contribution is 7.98. The predicted octanol–water partition coefficient (Wildman–Crippen LogP) is 4.58. The Labute approximate surface area is 129 Å². The molecule has 1 atom stereocenters. The summed E-state index contributed by atoms with van der Waals surface area (Å²) in [6.07, 6.45) is -1.12. The van der Waals surface area contributed by atoms with Gasteiger partial charge in [0.1, 0.15) is 0 Å². The third-order valence-corrected chi connectivity index (χ3v) is 4.83. The van der Waals surface area contributed by atoms with Crippen LogP contribution in [0, 0.1) is 0 Å². The maximum Gasteiger partial charge on any atom is 0.443 e. The molecule has 0 amide bonds. The van der Waals surface area contributed by atoms with Crippen LogP contribution in [-0.4, -0.2) is 17.8 Å². The lowest BCUT2D eigenvalue weighted by Gasteiger charge is -2.19. The summed E-state index contributed by atoms with van der Waals surface area (Å²) in [4.78, 5) is 5.14. The van der Waals surface area contributed by atoms with E-state index in [0.717, 1.165) is 10.5 Å². The van der Waals surface area contributed by atoms with E-state index in [4.69, 9.17) is 0 Å². The number of nitrogens with one attached hydrogen (secondary N) is 1. The highest BCUT2D eigenvalue weighted by Gasteiger charge is 2.35. The largest absolute Gasteiger partial charge is 0.443 e. The molecule has 2 rings (SSSR count). The molecule has 0 aliphatic rings. The van der Waals surface area contributed by atoms with E-state index in [2.05, 4.69) is 10.3 Å². The maximum absolute atomic E-state index is 12.7. The molecule has 0 aliphatic carbocycles. The van der Waals surface area contributed by atoms with Crippen molar-refractivity contribution in [3.05, 3.63) is 45.9 Å². The number of aromatic nitrogens is 1. The number of hydrogen-bond acceptors (Lipinski definition) is 4. The number of halogens is 3.